The second kappa shape index (κ2) is 5.68. The van der Waals surface area contributed by atoms with Crippen molar-refractivity contribution in [3.8, 4) is 11.4 Å². The van der Waals surface area contributed by atoms with Gasteiger partial charge in [0, 0.05) is 12.6 Å². The number of hydrogen-bond acceptors (Lipinski definition) is 4. The van der Waals surface area contributed by atoms with Crippen molar-refractivity contribution in [1.82, 2.24) is 20.1 Å². The molecule has 0 atom stereocenters. The fraction of sp³-hybridized carbons (Fsp3) is 0.444. The maximum Gasteiger partial charge on any atom is 0.332 e. The summed E-state index contributed by atoms with van der Waals surface area (Å²) >= 11 is 0. The van der Waals surface area contributed by atoms with Gasteiger partial charge in [-0.2, -0.15) is 5.10 Å². The van der Waals surface area contributed by atoms with Gasteiger partial charge < -0.3 is 4.90 Å². The number of likely N-dealkylation sites (N-methyl/N-ethyl adjacent to an activating group) is 1. The Morgan fingerprint density at radius 3 is 2.60 bits per heavy atom. The molecule has 2 fully saturated rings. The summed E-state index contributed by atoms with van der Waals surface area (Å²) in [6, 6.07) is 7.03. The molecule has 2 aromatic rings. The van der Waals surface area contributed by atoms with E-state index in [4.69, 9.17) is 0 Å². The van der Waals surface area contributed by atoms with Crippen LogP contribution in [-0.4, -0.2) is 44.6 Å². The van der Waals surface area contributed by atoms with E-state index in [1.165, 1.54) is 4.90 Å². The lowest BCUT2D eigenvalue weighted by Gasteiger charge is -2.35. The first-order valence-corrected chi connectivity index (χ1v) is 8.65. The smallest absolute Gasteiger partial charge is 0.312 e. The van der Waals surface area contributed by atoms with Gasteiger partial charge >= 0.3 is 6.03 Å². The fourth-order valence-corrected chi connectivity index (χ4v) is 3.94. The number of imide groups is 1. The van der Waals surface area contributed by atoms with Gasteiger partial charge in [-0.3, -0.25) is 9.89 Å². The summed E-state index contributed by atoms with van der Waals surface area (Å²) in [6.45, 7) is 1.83. The van der Waals surface area contributed by atoms with Crippen LogP contribution in [0.1, 0.15) is 37.9 Å². The molecule has 1 aromatic heterocycles. The number of aromatic nitrogens is 3. The van der Waals surface area contributed by atoms with Crippen molar-refractivity contribution in [3.63, 3.8) is 0 Å². The number of rotatable bonds is 2. The minimum absolute atomic E-state index is 0.108. The summed E-state index contributed by atoms with van der Waals surface area (Å²) in [5, 5.41) is 6.97. The molecule has 1 aliphatic carbocycles. The molecule has 0 unspecified atom stereocenters. The maximum atomic E-state index is 13.2. The van der Waals surface area contributed by atoms with E-state index in [2.05, 4.69) is 15.2 Å². The first-order chi connectivity index (χ1) is 12.0. The molecule has 3 amide bonds. The molecule has 4 rings (SSSR count). The summed E-state index contributed by atoms with van der Waals surface area (Å²) in [7, 11) is 1.74. The van der Waals surface area contributed by atoms with Crippen LogP contribution >= 0.6 is 0 Å². The minimum atomic E-state index is -0.674. The average Bonchev–Trinajstić information content (AvgIpc) is 3.14. The van der Waals surface area contributed by atoms with Gasteiger partial charge in [0.15, 0.2) is 5.82 Å². The van der Waals surface area contributed by atoms with Gasteiger partial charge in [-0.25, -0.2) is 14.7 Å². The number of aromatic amines is 1. The number of amides is 3. The number of anilines is 1. The van der Waals surface area contributed by atoms with Gasteiger partial charge in [-0.15, -0.1) is 0 Å². The van der Waals surface area contributed by atoms with Crippen molar-refractivity contribution in [3.05, 3.63) is 30.1 Å². The highest BCUT2D eigenvalue weighted by molar-refractivity contribution is 6.23. The largest absolute Gasteiger partial charge is 0.332 e. The quantitative estimate of drug-likeness (QED) is 0.853. The van der Waals surface area contributed by atoms with Crippen molar-refractivity contribution < 1.29 is 9.59 Å². The number of nitrogens with one attached hydrogen (secondary N) is 1. The highest BCUT2D eigenvalue weighted by atomic mass is 16.2. The minimum Gasteiger partial charge on any atom is -0.312 e. The molecule has 130 valence electrons. The summed E-state index contributed by atoms with van der Waals surface area (Å²) in [5.74, 6) is 1.16. The van der Waals surface area contributed by atoms with E-state index < -0.39 is 5.54 Å². The summed E-state index contributed by atoms with van der Waals surface area (Å²) < 4.78 is 0. The zero-order valence-corrected chi connectivity index (χ0v) is 14.5. The lowest BCUT2D eigenvalue weighted by atomic mass is 9.80. The van der Waals surface area contributed by atoms with Crippen LogP contribution in [0.25, 0.3) is 11.4 Å². The standard InChI is InChI=1S/C18H21N5O2/c1-12-19-15(21-20-12)13-7-6-8-14(11-13)23-16(24)18(22(2)17(23)25)9-4-3-5-10-18/h6-8,11H,3-5,9-10H2,1-2H3,(H,19,20,21). The van der Waals surface area contributed by atoms with Crippen molar-refractivity contribution in [1.29, 1.82) is 0 Å². The molecule has 7 nitrogen and oxygen atoms in total. The third kappa shape index (κ3) is 2.33. The Morgan fingerprint density at radius 2 is 1.92 bits per heavy atom. The molecule has 0 bridgehead atoms. The Morgan fingerprint density at radius 1 is 1.16 bits per heavy atom. The second-order valence-corrected chi connectivity index (χ2v) is 6.87. The van der Waals surface area contributed by atoms with Crippen LogP contribution < -0.4 is 4.90 Å². The van der Waals surface area contributed by atoms with Crippen LogP contribution in [0.5, 0.6) is 0 Å². The molecule has 25 heavy (non-hydrogen) atoms. The van der Waals surface area contributed by atoms with Gasteiger partial charge in [0.2, 0.25) is 0 Å². The Bertz CT molecular complexity index is 837. The monoisotopic (exact) mass is 339 g/mol. The van der Waals surface area contributed by atoms with Crippen molar-refractivity contribution in [2.45, 2.75) is 44.6 Å². The molecule has 1 spiro atoms. The third-order valence-corrected chi connectivity index (χ3v) is 5.36. The molecular weight excluding hydrogens is 318 g/mol. The SMILES string of the molecule is Cc1nc(-c2cccc(N3C(=O)N(C)C4(CCCCC4)C3=O)c2)n[nH]1. The van der Waals surface area contributed by atoms with Crippen LogP contribution in [0.2, 0.25) is 0 Å². The first-order valence-electron chi connectivity index (χ1n) is 8.65. The molecule has 1 saturated heterocycles. The second-order valence-electron chi connectivity index (χ2n) is 6.87. The number of benzene rings is 1. The Labute approximate surface area is 146 Å². The van der Waals surface area contributed by atoms with Crippen molar-refractivity contribution in [2.75, 3.05) is 11.9 Å². The molecule has 1 aliphatic heterocycles. The Hall–Kier alpha value is -2.70. The predicted octanol–water partition coefficient (Wildman–Crippen LogP) is 2.88. The van der Waals surface area contributed by atoms with Gasteiger partial charge in [0.1, 0.15) is 11.4 Å². The number of hydrogen-bond donors (Lipinski definition) is 1. The maximum absolute atomic E-state index is 13.2. The van der Waals surface area contributed by atoms with Gasteiger partial charge in [-0.1, -0.05) is 31.4 Å². The third-order valence-electron chi connectivity index (χ3n) is 5.36. The van der Waals surface area contributed by atoms with E-state index in [0.717, 1.165) is 43.5 Å². The lowest BCUT2D eigenvalue weighted by molar-refractivity contribution is -0.126. The molecule has 1 saturated carbocycles. The lowest BCUT2D eigenvalue weighted by Crippen LogP contribution is -2.49. The molecule has 2 aliphatic rings. The molecule has 1 aromatic carbocycles. The fourth-order valence-electron chi connectivity index (χ4n) is 3.94. The van der Waals surface area contributed by atoms with E-state index >= 15 is 0 Å². The van der Waals surface area contributed by atoms with E-state index in [9.17, 15) is 9.59 Å². The zero-order chi connectivity index (χ0) is 17.6. The van der Waals surface area contributed by atoms with Crippen molar-refractivity contribution in [2.24, 2.45) is 0 Å². The number of nitrogens with zero attached hydrogens (tertiary/aromatic N) is 4. The number of carbonyl (C=O) groups is 2. The molecule has 1 N–H and O–H groups in total. The highest BCUT2D eigenvalue weighted by Crippen LogP contribution is 2.41. The molecule has 0 radical (unpaired) electrons. The van der Waals surface area contributed by atoms with Crippen LogP contribution in [0, 0.1) is 6.92 Å². The van der Waals surface area contributed by atoms with Crippen molar-refractivity contribution >= 4 is 17.6 Å². The summed E-state index contributed by atoms with van der Waals surface area (Å²) in [4.78, 5) is 33.3. The van der Waals surface area contributed by atoms with Crippen LogP contribution in [-0.2, 0) is 4.79 Å². The Balaban J connectivity index is 1.72. The van der Waals surface area contributed by atoms with Gasteiger partial charge in [-0.05, 0) is 31.9 Å². The first kappa shape index (κ1) is 15.8. The van der Waals surface area contributed by atoms with E-state index in [1.54, 1.807) is 24.1 Å². The number of urea groups is 1. The topological polar surface area (TPSA) is 82.2 Å². The molecule has 7 heteroatoms. The number of carbonyl (C=O) groups excluding carboxylic acids is 2. The normalized spacial score (nSPS) is 19.9. The van der Waals surface area contributed by atoms with Gasteiger partial charge in [0.25, 0.3) is 5.91 Å². The van der Waals surface area contributed by atoms with Crippen LogP contribution in [0.15, 0.2) is 24.3 Å². The predicted molar refractivity (Wildman–Crippen MR) is 93.0 cm³/mol. The molecule has 2 heterocycles. The summed E-state index contributed by atoms with van der Waals surface area (Å²) in [6.07, 6.45) is 4.56. The summed E-state index contributed by atoms with van der Waals surface area (Å²) in [5.41, 5.74) is 0.672. The zero-order valence-electron chi connectivity index (χ0n) is 14.5. The van der Waals surface area contributed by atoms with E-state index in [0.29, 0.717) is 11.5 Å². The van der Waals surface area contributed by atoms with E-state index in [-0.39, 0.29) is 11.9 Å². The number of aryl methyl sites for hydroxylation is 1. The van der Waals surface area contributed by atoms with E-state index in [1.807, 2.05) is 19.1 Å². The Kier molecular flexibility index (Phi) is 3.59. The van der Waals surface area contributed by atoms with Gasteiger partial charge in [0.05, 0.1) is 5.69 Å². The van der Waals surface area contributed by atoms with Crippen LogP contribution in [0.4, 0.5) is 10.5 Å². The van der Waals surface area contributed by atoms with Crippen LogP contribution in [0.3, 0.4) is 0 Å². The highest BCUT2D eigenvalue weighted by Gasteiger charge is 2.56. The number of H-pyrrole nitrogens is 1. The molecular formula is C18H21N5O2. The average molecular weight is 339 g/mol.